The van der Waals surface area contributed by atoms with Crippen molar-refractivity contribution in [1.82, 2.24) is 9.88 Å². The largest absolute Gasteiger partial charge is 0.444 e. The van der Waals surface area contributed by atoms with Gasteiger partial charge < -0.3 is 14.7 Å². The Morgan fingerprint density at radius 1 is 1.45 bits per heavy atom. The van der Waals surface area contributed by atoms with Gasteiger partial charge in [0.05, 0.1) is 12.3 Å². The fourth-order valence-electron chi connectivity index (χ4n) is 2.48. The van der Waals surface area contributed by atoms with Gasteiger partial charge in [0.15, 0.2) is 0 Å². The fraction of sp³-hybridized carbons (Fsp3) is 0.529. The molecule has 1 aromatic heterocycles. The second-order valence-electron chi connectivity index (χ2n) is 6.64. The summed E-state index contributed by atoms with van der Waals surface area (Å²) in [6.45, 7) is 8.80. The lowest BCUT2D eigenvalue weighted by Crippen LogP contribution is -2.41. The molecule has 0 bridgehead atoms. The van der Waals surface area contributed by atoms with E-state index in [0.717, 1.165) is 5.56 Å². The van der Waals surface area contributed by atoms with E-state index in [2.05, 4.69) is 11.9 Å². The summed E-state index contributed by atoms with van der Waals surface area (Å²) in [5.74, 6) is 0.211. The smallest absolute Gasteiger partial charge is 0.410 e. The first-order valence-electron chi connectivity index (χ1n) is 7.54. The van der Waals surface area contributed by atoms with Gasteiger partial charge in [-0.25, -0.2) is 4.79 Å². The first-order chi connectivity index (χ1) is 10.3. The molecule has 1 unspecified atom stereocenters. The molecule has 0 saturated carbocycles. The number of aliphatic hydroxyl groups is 1. The average molecular weight is 304 g/mol. The van der Waals surface area contributed by atoms with E-state index in [1.54, 1.807) is 11.1 Å². The predicted octanol–water partition coefficient (Wildman–Crippen LogP) is 2.84. The minimum absolute atomic E-state index is 0.0543. The number of nitrogens with zero attached hydrogens (tertiary/aromatic N) is 2. The number of aromatic nitrogens is 1. The van der Waals surface area contributed by atoms with Crippen molar-refractivity contribution in [1.29, 1.82) is 0 Å². The molecule has 1 amide bonds. The molecule has 1 atom stereocenters. The number of aliphatic hydroxyl groups excluding tert-OH is 1. The Hall–Kier alpha value is -1.88. The summed E-state index contributed by atoms with van der Waals surface area (Å²) in [5.41, 5.74) is 2.39. The number of hydrogen-bond acceptors (Lipinski definition) is 4. The Kier molecular flexibility index (Phi) is 4.86. The standard InChI is InChI=1S/C17H24N2O3/c1-12-10-19(16(21)22-17(2,3)4)8-7-15(12)13-5-6-14(11-20)18-9-13/h5-7,9,12,20H,8,10-11H2,1-4H3. The third-order valence-electron chi connectivity index (χ3n) is 3.53. The zero-order chi connectivity index (χ0) is 16.3. The van der Waals surface area contributed by atoms with Gasteiger partial charge >= 0.3 is 6.09 Å². The van der Waals surface area contributed by atoms with Gasteiger partial charge in [0.2, 0.25) is 0 Å². The van der Waals surface area contributed by atoms with Gasteiger partial charge in [-0.2, -0.15) is 0 Å². The molecular weight excluding hydrogens is 280 g/mol. The van der Waals surface area contributed by atoms with Gasteiger partial charge in [-0.3, -0.25) is 4.98 Å². The van der Waals surface area contributed by atoms with Crippen LogP contribution in [0.25, 0.3) is 5.57 Å². The molecular formula is C17H24N2O3. The highest BCUT2D eigenvalue weighted by atomic mass is 16.6. The molecule has 2 rings (SSSR count). The molecule has 1 aliphatic heterocycles. The monoisotopic (exact) mass is 304 g/mol. The zero-order valence-corrected chi connectivity index (χ0v) is 13.7. The van der Waals surface area contributed by atoms with Gasteiger partial charge in [0, 0.05) is 19.3 Å². The summed E-state index contributed by atoms with van der Waals surface area (Å²) in [5, 5.41) is 9.04. The lowest BCUT2D eigenvalue weighted by molar-refractivity contribution is 0.0252. The van der Waals surface area contributed by atoms with Crippen molar-refractivity contribution < 1.29 is 14.6 Å². The van der Waals surface area contributed by atoms with Crippen LogP contribution in [0.3, 0.4) is 0 Å². The van der Waals surface area contributed by atoms with Crippen LogP contribution in [0.5, 0.6) is 0 Å². The van der Waals surface area contributed by atoms with Gasteiger partial charge in [-0.1, -0.05) is 19.1 Å². The van der Waals surface area contributed by atoms with Crippen LogP contribution in [0, 0.1) is 5.92 Å². The van der Waals surface area contributed by atoms with E-state index < -0.39 is 5.60 Å². The summed E-state index contributed by atoms with van der Waals surface area (Å²) < 4.78 is 5.41. The molecule has 120 valence electrons. The maximum absolute atomic E-state index is 12.1. The summed E-state index contributed by atoms with van der Waals surface area (Å²) in [6, 6.07) is 3.78. The molecule has 2 heterocycles. The van der Waals surface area contributed by atoms with Gasteiger partial charge in [0.1, 0.15) is 5.60 Å². The number of carbonyl (C=O) groups is 1. The first-order valence-corrected chi connectivity index (χ1v) is 7.54. The molecule has 0 aliphatic carbocycles. The van der Waals surface area contributed by atoms with Crippen molar-refractivity contribution in [3.8, 4) is 0 Å². The van der Waals surface area contributed by atoms with Crippen molar-refractivity contribution in [3.05, 3.63) is 35.7 Å². The van der Waals surface area contributed by atoms with Crippen LogP contribution in [-0.4, -0.2) is 39.8 Å². The Balaban J connectivity index is 2.09. The summed E-state index contributed by atoms with van der Waals surface area (Å²) in [7, 11) is 0. The molecule has 0 aromatic carbocycles. The van der Waals surface area contributed by atoms with Gasteiger partial charge in [-0.05, 0) is 43.9 Å². The highest BCUT2D eigenvalue weighted by molar-refractivity contribution is 5.73. The van der Waals surface area contributed by atoms with Crippen molar-refractivity contribution in [2.75, 3.05) is 13.1 Å². The second-order valence-corrected chi connectivity index (χ2v) is 6.64. The number of rotatable bonds is 2. The van der Waals surface area contributed by atoms with Crippen molar-refractivity contribution >= 4 is 11.7 Å². The number of carbonyl (C=O) groups excluding carboxylic acids is 1. The van der Waals surface area contributed by atoms with Crippen LogP contribution in [0.4, 0.5) is 4.79 Å². The minimum Gasteiger partial charge on any atom is -0.444 e. The Morgan fingerprint density at radius 3 is 2.68 bits per heavy atom. The van der Waals surface area contributed by atoms with Crippen LogP contribution in [0.2, 0.25) is 0 Å². The van der Waals surface area contributed by atoms with E-state index in [1.807, 2.05) is 39.0 Å². The van der Waals surface area contributed by atoms with Crippen LogP contribution < -0.4 is 0 Å². The topological polar surface area (TPSA) is 62.7 Å². The average Bonchev–Trinajstić information content (AvgIpc) is 2.45. The maximum atomic E-state index is 12.1. The van der Waals surface area contributed by atoms with Gasteiger partial charge in [-0.15, -0.1) is 0 Å². The SMILES string of the molecule is CC1CN(C(=O)OC(C)(C)C)CC=C1c1ccc(CO)nc1. The zero-order valence-electron chi connectivity index (χ0n) is 13.7. The van der Waals surface area contributed by atoms with Crippen LogP contribution in [0.15, 0.2) is 24.4 Å². The molecule has 1 aliphatic rings. The van der Waals surface area contributed by atoms with Crippen molar-refractivity contribution in [2.45, 2.75) is 39.9 Å². The molecule has 0 saturated heterocycles. The van der Waals surface area contributed by atoms with E-state index in [0.29, 0.717) is 18.8 Å². The number of pyridine rings is 1. The van der Waals surface area contributed by atoms with Crippen molar-refractivity contribution in [3.63, 3.8) is 0 Å². The summed E-state index contributed by atoms with van der Waals surface area (Å²) in [4.78, 5) is 18.1. The maximum Gasteiger partial charge on any atom is 0.410 e. The Morgan fingerprint density at radius 2 is 2.18 bits per heavy atom. The number of ether oxygens (including phenoxy) is 1. The lowest BCUT2D eigenvalue weighted by Gasteiger charge is -2.33. The first kappa shape index (κ1) is 16.5. The minimum atomic E-state index is -0.478. The molecule has 5 heteroatoms. The molecule has 0 radical (unpaired) electrons. The molecule has 0 spiro atoms. The quantitative estimate of drug-likeness (QED) is 0.912. The molecule has 1 N–H and O–H groups in total. The summed E-state index contributed by atoms with van der Waals surface area (Å²) >= 11 is 0. The normalized spacial score (nSPS) is 18.9. The van der Waals surface area contributed by atoms with Crippen LogP contribution in [-0.2, 0) is 11.3 Å². The van der Waals surface area contributed by atoms with E-state index in [1.165, 1.54) is 5.57 Å². The molecule has 22 heavy (non-hydrogen) atoms. The lowest BCUT2D eigenvalue weighted by atomic mass is 9.91. The van der Waals surface area contributed by atoms with E-state index in [9.17, 15) is 4.79 Å². The Bertz CT molecular complexity index is 558. The highest BCUT2D eigenvalue weighted by Crippen LogP contribution is 2.28. The number of hydrogen-bond donors (Lipinski definition) is 1. The van der Waals surface area contributed by atoms with Crippen molar-refractivity contribution in [2.24, 2.45) is 5.92 Å². The van der Waals surface area contributed by atoms with E-state index in [4.69, 9.17) is 9.84 Å². The third-order valence-corrected chi connectivity index (χ3v) is 3.53. The van der Waals surface area contributed by atoms with Gasteiger partial charge in [0.25, 0.3) is 0 Å². The number of amides is 1. The Labute approximate surface area is 131 Å². The fourth-order valence-corrected chi connectivity index (χ4v) is 2.48. The summed E-state index contributed by atoms with van der Waals surface area (Å²) in [6.07, 6.45) is 3.55. The molecule has 1 aromatic rings. The van der Waals surface area contributed by atoms with Crippen LogP contribution in [0.1, 0.15) is 39.0 Å². The molecule has 5 nitrogen and oxygen atoms in total. The highest BCUT2D eigenvalue weighted by Gasteiger charge is 2.27. The van der Waals surface area contributed by atoms with Crippen LogP contribution >= 0.6 is 0 Å². The van der Waals surface area contributed by atoms with E-state index >= 15 is 0 Å². The predicted molar refractivity (Wildman–Crippen MR) is 85.1 cm³/mol. The molecule has 0 fully saturated rings. The second kappa shape index (κ2) is 6.48. The van der Waals surface area contributed by atoms with E-state index in [-0.39, 0.29) is 18.6 Å². The third kappa shape index (κ3) is 4.07.